The third-order valence-electron chi connectivity index (χ3n) is 6.01. The molecule has 1 N–H and O–H groups in total. The highest BCUT2D eigenvalue weighted by Crippen LogP contribution is 2.40. The van der Waals surface area contributed by atoms with Crippen molar-refractivity contribution < 1.29 is 28.1 Å². The maximum Gasteiger partial charge on any atom is 0.251 e. The number of epoxide rings is 1. The molecule has 9 heteroatoms. The molecule has 1 aliphatic heterocycles. The zero-order chi connectivity index (χ0) is 24.6. The van der Waals surface area contributed by atoms with Crippen molar-refractivity contribution in [3.8, 4) is 28.5 Å². The maximum absolute atomic E-state index is 13.7. The van der Waals surface area contributed by atoms with Gasteiger partial charge in [-0.15, -0.1) is 0 Å². The van der Waals surface area contributed by atoms with Gasteiger partial charge in [-0.05, 0) is 61.4 Å². The van der Waals surface area contributed by atoms with E-state index in [1.54, 1.807) is 43.5 Å². The Morgan fingerprint density at radius 3 is 2.51 bits per heavy atom. The summed E-state index contributed by atoms with van der Waals surface area (Å²) in [6.45, 7) is 0.616. The molecule has 0 bridgehead atoms. The summed E-state index contributed by atoms with van der Waals surface area (Å²) in [6.07, 6.45) is 2.29. The second kappa shape index (κ2) is 9.36. The Hall–Kier alpha value is -3.36. The minimum absolute atomic E-state index is 0.00891. The van der Waals surface area contributed by atoms with Gasteiger partial charge in [0.05, 0.1) is 44.2 Å². The SMILES string of the molecule is COc1cc(C(=O)NCC2(c3ccc(OC)c(-c4ccc(F)c(Cl)c4)n3)CO2)ccc1OC1CC1. The molecule has 1 atom stereocenters. The number of rotatable bonds is 9. The third kappa shape index (κ3) is 4.90. The van der Waals surface area contributed by atoms with Crippen LogP contribution in [0.25, 0.3) is 11.3 Å². The molecule has 1 amide bonds. The second-order valence-corrected chi connectivity index (χ2v) is 8.93. The average molecular weight is 499 g/mol. The summed E-state index contributed by atoms with van der Waals surface area (Å²) in [4.78, 5) is 17.6. The van der Waals surface area contributed by atoms with E-state index in [-0.39, 0.29) is 23.6 Å². The summed E-state index contributed by atoms with van der Waals surface area (Å²) in [6, 6.07) is 13.0. The summed E-state index contributed by atoms with van der Waals surface area (Å²) in [5, 5.41) is 2.92. The smallest absolute Gasteiger partial charge is 0.251 e. The summed E-state index contributed by atoms with van der Waals surface area (Å²) >= 11 is 5.97. The standard InChI is InChI=1S/C26H24ClFN2O5/c1-32-21-9-10-23(30-24(21)15-3-7-19(28)18(27)11-15)26(14-34-26)13-29-25(31)16-4-8-20(22(12-16)33-2)35-17-5-6-17/h3-4,7-12,17H,5-6,13-14H2,1-2H3,(H,29,31). The Morgan fingerprint density at radius 1 is 1.11 bits per heavy atom. The maximum atomic E-state index is 13.7. The van der Waals surface area contributed by atoms with Gasteiger partial charge in [0.2, 0.25) is 0 Å². The van der Waals surface area contributed by atoms with E-state index in [1.165, 1.54) is 19.2 Å². The number of benzene rings is 2. The van der Waals surface area contributed by atoms with Gasteiger partial charge in [-0.2, -0.15) is 0 Å². The lowest BCUT2D eigenvalue weighted by atomic mass is 10.0. The molecule has 0 spiro atoms. The number of halogens is 2. The van der Waals surface area contributed by atoms with Crippen molar-refractivity contribution >= 4 is 17.5 Å². The van der Waals surface area contributed by atoms with E-state index in [4.69, 9.17) is 35.5 Å². The number of carbonyl (C=O) groups is 1. The van der Waals surface area contributed by atoms with Crippen LogP contribution in [0.1, 0.15) is 28.9 Å². The van der Waals surface area contributed by atoms with E-state index in [0.717, 1.165) is 12.8 Å². The van der Waals surface area contributed by atoms with Gasteiger partial charge in [-0.1, -0.05) is 11.6 Å². The predicted octanol–water partition coefficient (Wildman–Crippen LogP) is 4.76. The van der Waals surface area contributed by atoms with Crippen molar-refractivity contribution in [1.82, 2.24) is 10.3 Å². The minimum atomic E-state index is -0.764. The van der Waals surface area contributed by atoms with Crippen molar-refractivity contribution in [2.45, 2.75) is 24.5 Å². The van der Waals surface area contributed by atoms with Gasteiger partial charge >= 0.3 is 0 Å². The van der Waals surface area contributed by atoms with Crippen LogP contribution in [0.4, 0.5) is 4.39 Å². The van der Waals surface area contributed by atoms with Gasteiger partial charge in [0.15, 0.2) is 17.1 Å². The molecule has 2 aromatic carbocycles. The molecule has 1 saturated carbocycles. The van der Waals surface area contributed by atoms with Crippen LogP contribution in [0.5, 0.6) is 17.2 Å². The van der Waals surface area contributed by atoms with E-state index in [2.05, 4.69) is 5.32 Å². The number of hydrogen-bond acceptors (Lipinski definition) is 6. The highest BCUT2D eigenvalue weighted by Gasteiger charge is 2.48. The molecular weight excluding hydrogens is 475 g/mol. The Balaban J connectivity index is 1.33. The number of aromatic nitrogens is 1. The number of pyridine rings is 1. The van der Waals surface area contributed by atoms with E-state index in [1.807, 2.05) is 0 Å². The Labute approximate surface area is 207 Å². The fourth-order valence-corrected chi connectivity index (χ4v) is 3.92. The van der Waals surface area contributed by atoms with E-state index in [0.29, 0.717) is 46.4 Å². The van der Waals surface area contributed by atoms with Crippen molar-refractivity contribution in [1.29, 1.82) is 0 Å². The number of amides is 1. The molecule has 35 heavy (non-hydrogen) atoms. The van der Waals surface area contributed by atoms with E-state index < -0.39 is 11.4 Å². The van der Waals surface area contributed by atoms with Crippen LogP contribution in [0, 0.1) is 5.82 Å². The summed E-state index contributed by atoms with van der Waals surface area (Å²) < 4.78 is 36.1. The van der Waals surface area contributed by atoms with Gasteiger partial charge < -0.3 is 24.3 Å². The van der Waals surface area contributed by atoms with Crippen LogP contribution >= 0.6 is 11.6 Å². The molecule has 2 heterocycles. The number of carbonyl (C=O) groups excluding carboxylic acids is 1. The van der Waals surface area contributed by atoms with Gasteiger partial charge in [-0.25, -0.2) is 9.37 Å². The normalized spacial score (nSPS) is 18.6. The molecule has 0 radical (unpaired) electrons. The van der Waals surface area contributed by atoms with E-state index >= 15 is 0 Å². The molecule has 3 aromatic rings. The van der Waals surface area contributed by atoms with Crippen molar-refractivity contribution in [3.63, 3.8) is 0 Å². The molecule has 182 valence electrons. The molecule has 1 aromatic heterocycles. The quantitative estimate of drug-likeness (QED) is 0.428. The van der Waals surface area contributed by atoms with Crippen LogP contribution in [-0.2, 0) is 10.3 Å². The fourth-order valence-electron chi connectivity index (χ4n) is 3.74. The number of methoxy groups -OCH3 is 2. The van der Waals surface area contributed by atoms with Crippen LogP contribution in [0.3, 0.4) is 0 Å². The molecule has 1 saturated heterocycles. The lowest BCUT2D eigenvalue weighted by Gasteiger charge is -2.16. The van der Waals surface area contributed by atoms with Crippen molar-refractivity contribution in [2.24, 2.45) is 0 Å². The topological polar surface area (TPSA) is 82.2 Å². The van der Waals surface area contributed by atoms with Gasteiger partial charge in [-0.3, -0.25) is 4.79 Å². The molecule has 1 unspecified atom stereocenters. The largest absolute Gasteiger partial charge is 0.494 e. The summed E-state index contributed by atoms with van der Waals surface area (Å²) in [7, 11) is 3.08. The Bertz CT molecular complexity index is 1280. The monoisotopic (exact) mass is 498 g/mol. The zero-order valence-electron chi connectivity index (χ0n) is 19.3. The van der Waals surface area contributed by atoms with Crippen LogP contribution < -0.4 is 19.5 Å². The molecule has 7 nitrogen and oxygen atoms in total. The highest BCUT2D eigenvalue weighted by atomic mass is 35.5. The first-order valence-electron chi connectivity index (χ1n) is 11.2. The minimum Gasteiger partial charge on any atom is -0.494 e. The first-order valence-corrected chi connectivity index (χ1v) is 11.6. The number of ether oxygens (including phenoxy) is 4. The number of hydrogen-bond donors (Lipinski definition) is 1. The van der Waals surface area contributed by atoms with Crippen LogP contribution in [0.15, 0.2) is 48.5 Å². The number of nitrogens with one attached hydrogen (secondary N) is 1. The van der Waals surface area contributed by atoms with Crippen LogP contribution in [-0.4, -0.2) is 44.4 Å². The second-order valence-electron chi connectivity index (χ2n) is 8.52. The lowest BCUT2D eigenvalue weighted by Crippen LogP contribution is -2.33. The highest BCUT2D eigenvalue weighted by molar-refractivity contribution is 6.31. The zero-order valence-corrected chi connectivity index (χ0v) is 20.0. The predicted molar refractivity (Wildman–Crippen MR) is 128 cm³/mol. The average Bonchev–Trinajstić information content (AvgIpc) is 3.81. The summed E-state index contributed by atoms with van der Waals surface area (Å²) in [5.74, 6) is 0.872. The van der Waals surface area contributed by atoms with Crippen molar-refractivity contribution in [3.05, 3.63) is 70.6 Å². The molecule has 1 aliphatic carbocycles. The molecule has 2 fully saturated rings. The first-order chi connectivity index (χ1) is 16.9. The molecular formula is C26H24ClFN2O5. The Kier molecular flexibility index (Phi) is 6.25. The fraction of sp³-hybridized carbons (Fsp3) is 0.308. The number of nitrogens with zero attached hydrogens (tertiary/aromatic N) is 1. The third-order valence-corrected chi connectivity index (χ3v) is 6.30. The molecule has 2 aliphatic rings. The van der Waals surface area contributed by atoms with Gasteiger partial charge in [0.25, 0.3) is 5.91 Å². The van der Waals surface area contributed by atoms with Gasteiger partial charge in [0, 0.05) is 11.1 Å². The van der Waals surface area contributed by atoms with Gasteiger partial charge in [0.1, 0.15) is 17.3 Å². The van der Waals surface area contributed by atoms with E-state index in [9.17, 15) is 9.18 Å². The first kappa shape index (κ1) is 23.4. The summed E-state index contributed by atoms with van der Waals surface area (Å²) in [5.41, 5.74) is 1.42. The lowest BCUT2D eigenvalue weighted by molar-refractivity contribution is 0.0940. The Morgan fingerprint density at radius 2 is 1.86 bits per heavy atom. The van der Waals surface area contributed by atoms with Crippen molar-refractivity contribution in [2.75, 3.05) is 27.4 Å². The van der Waals surface area contributed by atoms with Crippen LogP contribution in [0.2, 0.25) is 5.02 Å². The molecule has 5 rings (SSSR count).